The van der Waals surface area contributed by atoms with Crippen LogP contribution in [0.3, 0.4) is 0 Å². The average molecular weight is 287 g/mol. The number of carbonyl (C=O) groups excluding carboxylic acids is 1. The van der Waals surface area contributed by atoms with E-state index in [2.05, 4.69) is 10.6 Å². The number of amides is 1. The van der Waals surface area contributed by atoms with Gasteiger partial charge in [-0.05, 0) is 25.5 Å². The SMILES string of the molecule is O=C1N[C@H]2CCNCCN2C2=CC=C(C(F)(F)F)CC12. The third-order valence-corrected chi connectivity index (χ3v) is 4.06. The number of rotatable bonds is 0. The fraction of sp³-hybridized carbons (Fsp3) is 0.615. The summed E-state index contributed by atoms with van der Waals surface area (Å²) in [5.74, 6) is -1.01. The van der Waals surface area contributed by atoms with Gasteiger partial charge >= 0.3 is 6.18 Å². The Hall–Kier alpha value is -1.50. The molecule has 0 aromatic heterocycles. The topological polar surface area (TPSA) is 44.4 Å². The van der Waals surface area contributed by atoms with Gasteiger partial charge < -0.3 is 15.5 Å². The summed E-state index contributed by atoms with van der Waals surface area (Å²) in [6.45, 7) is 2.26. The van der Waals surface area contributed by atoms with Crippen LogP contribution in [0.5, 0.6) is 0 Å². The Morgan fingerprint density at radius 2 is 2.05 bits per heavy atom. The van der Waals surface area contributed by atoms with Crippen molar-refractivity contribution in [3.63, 3.8) is 0 Å². The summed E-state index contributed by atoms with van der Waals surface area (Å²) in [5, 5.41) is 6.07. The number of carbonyl (C=O) groups is 1. The summed E-state index contributed by atoms with van der Waals surface area (Å²) in [6.07, 6.45) is -1.41. The Kier molecular flexibility index (Phi) is 3.24. The molecule has 2 saturated heterocycles. The Morgan fingerprint density at radius 3 is 2.80 bits per heavy atom. The van der Waals surface area contributed by atoms with Gasteiger partial charge in [0.2, 0.25) is 5.91 Å². The molecule has 3 rings (SSSR count). The van der Waals surface area contributed by atoms with Crippen molar-refractivity contribution in [1.29, 1.82) is 0 Å². The molecule has 20 heavy (non-hydrogen) atoms. The van der Waals surface area contributed by atoms with E-state index in [0.717, 1.165) is 31.3 Å². The monoisotopic (exact) mass is 287 g/mol. The van der Waals surface area contributed by atoms with E-state index < -0.39 is 17.7 Å². The van der Waals surface area contributed by atoms with E-state index in [-0.39, 0.29) is 18.5 Å². The molecule has 4 nitrogen and oxygen atoms in total. The number of allylic oxidation sites excluding steroid dienone is 3. The molecule has 0 aromatic rings. The van der Waals surface area contributed by atoms with Crippen LogP contribution in [-0.2, 0) is 4.79 Å². The van der Waals surface area contributed by atoms with Gasteiger partial charge in [-0.3, -0.25) is 4.79 Å². The second-order valence-electron chi connectivity index (χ2n) is 5.29. The third-order valence-electron chi connectivity index (χ3n) is 4.06. The lowest BCUT2D eigenvalue weighted by atomic mass is 9.87. The highest BCUT2D eigenvalue weighted by molar-refractivity contribution is 5.83. The fourth-order valence-corrected chi connectivity index (χ4v) is 3.03. The molecule has 0 aromatic carbocycles. The van der Waals surface area contributed by atoms with Crippen molar-refractivity contribution in [3.8, 4) is 0 Å². The zero-order chi connectivity index (χ0) is 14.3. The van der Waals surface area contributed by atoms with Gasteiger partial charge in [-0.25, -0.2) is 0 Å². The van der Waals surface area contributed by atoms with Crippen molar-refractivity contribution in [2.75, 3.05) is 19.6 Å². The molecule has 1 unspecified atom stereocenters. The summed E-state index contributed by atoms with van der Waals surface area (Å²) in [4.78, 5) is 14.1. The summed E-state index contributed by atoms with van der Waals surface area (Å²) in [7, 11) is 0. The van der Waals surface area contributed by atoms with Crippen LogP contribution in [0.25, 0.3) is 0 Å². The van der Waals surface area contributed by atoms with Crippen molar-refractivity contribution in [1.82, 2.24) is 15.5 Å². The molecule has 0 spiro atoms. The maximum atomic E-state index is 12.8. The summed E-state index contributed by atoms with van der Waals surface area (Å²) in [5.41, 5.74) is 0.0863. The number of fused-ring (bicyclic) bond motifs is 3. The Labute approximate surface area is 114 Å². The quantitative estimate of drug-likeness (QED) is 0.702. The molecule has 2 N–H and O–H groups in total. The first-order valence-electron chi connectivity index (χ1n) is 6.72. The normalized spacial score (nSPS) is 30.6. The maximum Gasteiger partial charge on any atom is 0.412 e. The van der Waals surface area contributed by atoms with E-state index in [1.807, 2.05) is 4.90 Å². The summed E-state index contributed by atoms with van der Waals surface area (Å²) >= 11 is 0. The van der Waals surface area contributed by atoms with E-state index in [0.29, 0.717) is 6.54 Å². The van der Waals surface area contributed by atoms with Gasteiger partial charge in [0, 0.05) is 24.4 Å². The Morgan fingerprint density at radius 1 is 1.25 bits per heavy atom. The predicted molar refractivity (Wildman–Crippen MR) is 66.5 cm³/mol. The molecule has 0 radical (unpaired) electrons. The third kappa shape index (κ3) is 2.30. The summed E-state index contributed by atoms with van der Waals surface area (Å²) in [6, 6.07) is 0. The number of halogens is 3. The minimum atomic E-state index is -4.36. The van der Waals surface area contributed by atoms with E-state index in [1.165, 1.54) is 6.08 Å². The minimum Gasteiger partial charge on any atom is -0.353 e. The van der Waals surface area contributed by atoms with Crippen molar-refractivity contribution in [2.45, 2.75) is 25.2 Å². The number of nitrogens with zero attached hydrogens (tertiary/aromatic N) is 1. The predicted octanol–water partition coefficient (Wildman–Crippen LogP) is 1.13. The molecule has 0 saturated carbocycles. The van der Waals surface area contributed by atoms with Gasteiger partial charge in [-0.15, -0.1) is 0 Å². The molecular formula is C13H16F3N3O. The molecule has 2 atom stereocenters. The van der Waals surface area contributed by atoms with Crippen molar-refractivity contribution in [3.05, 3.63) is 23.4 Å². The van der Waals surface area contributed by atoms with Crippen LogP contribution in [0.4, 0.5) is 13.2 Å². The molecule has 2 fully saturated rings. The first-order chi connectivity index (χ1) is 9.47. The molecule has 1 amide bonds. The van der Waals surface area contributed by atoms with E-state index in [4.69, 9.17) is 0 Å². The smallest absolute Gasteiger partial charge is 0.353 e. The van der Waals surface area contributed by atoms with Gasteiger partial charge in [-0.1, -0.05) is 6.08 Å². The van der Waals surface area contributed by atoms with Gasteiger partial charge in [0.1, 0.15) is 6.17 Å². The number of hydrogen-bond donors (Lipinski definition) is 2. The standard InChI is InChI=1S/C13H16F3N3O/c14-13(15,16)8-1-2-10-9(7-8)12(20)18-11-3-4-17-5-6-19(10)11/h1-2,9,11,17H,3-7H2,(H,18,20)/t9?,11-/m1/s1. The van der Waals surface area contributed by atoms with Crippen molar-refractivity contribution >= 4 is 5.91 Å². The lowest BCUT2D eigenvalue weighted by molar-refractivity contribution is -0.130. The van der Waals surface area contributed by atoms with Crippen LogP contribution in [0.2, 0.25) is 0 Å². The van der Waals surface area contributed by atoms with Crippen LogP contribution in [0.15, 0.2) is 23.4 Å². The van der Waals surface area contributed by atoms with E-state index in [1.54, 1.807) is 0 Å². The van der Waals surface area contributed by atoms with Crippen LogP contribution in [-0.4, -0.2) is 42.8 Å². The molecule has 3 aliphatic rings. The Bertz CT molecular complexity index is 484. The van der Waals surface area contributed by atoms with Crippen LogP contribution >= 0.6 is 0 Å². The first kappa shape index (κ1) is 13.5. The average Bonchev–Trinajstić information content (AvgIpc) is 2.62. The molecule has 7 heteroatoms. The molecule has 0 bridgehead atoms. The lowest BCUT2D eigenvalue weighted by Gasteiger charge is -2.43. The van der Waals surface area contributed by atoms with Crippen LogP contribution in [0.1, 0.15) is 12.8 Å². The zero-order valence-electron chi connectivity index (χ0n) is 10.8. The summed E-state index contributed by atoms with van der Waals surface area (Å²) < 4.78 is 38.3. The van der Waals surface area contributed by atoms with Gasteiger partial charge in [-0.2, -0.15) is 13.2 Å². The number of alkyl halides is 3. The van der Waals surface area contributed by atoms with Crippen LogP contribution < -0.4 is 10.6 Å². The Balaban J connectivity index is 1.92. The van der Waals surface area contributed by atoms with E-state index in [9.17, 15) is 18.0 Å². The number of hydrogen-bond acceptors (Lipinski definition) is 3. The molecule has 110 valence electrons. The zero-order valence-corrected chi connectivity index (χ0v) is 10.8. The highest BCUT2D eigenvalue weighted by Gasteiger charge is 2.44. The fourth-order valence-electron chi connectivity index (χ4n) is 3.03. The second kappa shape index (κ2) is 4.80. The largest absolute Gasteiger partial charge is 0.412 e. The highest BCUT2D eigenvalue weighted by atomic mass is 19.4. The first-order valence-corrected chi connectivity index (χ1v) is 6.72. The van der Waals surface area contributed by atoms with Gasteiger partial charge in [0.15, 0.2) is 0 Å². The van der Waals surface area contributed by atoms with E-state index >= 15 is 0 Å². The van der Waals surface area contributed by atoms with Crippen molar-refractivity contribution in [2.24, 2.45) is 5.92 Å². The van der Waals surface area contributed by atoms with Crippen LogP contribution in [0, 0.1) is 5.92 Å². The minimum absolute atomic E-state index is 0.110. The van der Waals surface area contributed by atoms with Crippen molar-refractivity contribution < 1.29 is 18.0 Å². The molecule has 2 heterocycles. The molecule has 1 aliphatic carbocycles. The maximum absolute atomic E-state index is 12.8. The lowest BCUT2D eigenvalue weighted by Crippen LogP contribution is -2.57. The molecular weight excluding hydrogens is 271 g/mol. The molecule has 2 aliphatic heterocycles. The van der Waals surface area contributed by atoms with Gasteiger partial charge in [0.25, 0.3) is 0 Å². The second-order valence-corrected chi connectivity index (χ2v) is 5.29. The van der Waals surface area contributed by atoms with Gasteiger partial charge in [0.05, 0.1) is 5.92 Å². The highest BCUT2D eigenvalue weighted by Crippen LogP contribution is 2.39. The number of nitrogens with one attached hydrogen (secondary N) is 2.